The highest BCUT2D eigenvalue weighted by Crippen LogP contribution is 2.19. The van der Waals surface area contributed by atoms with E-state index in [2.05, 4.69) is 141 Å². The highest BCUT2D eigenvalue weighted by Gasteiger charge is 2.43. The van der Waals surface area contributed by atoms with Crippen LogP contribution in [0, 0.1) is 0 Å². The molecule has 27 heavy (non-hydrogen) atoms. The molecule has 0 aliphatic heterocycles. The van der Waals surface area contributed by atoms with Crippen molar-refractivity contribution in [2.75, 3.05) is 0 Å². The Hall–Kier alpha value is -1.94. The van der Waals surface area contributed by atoms with E-state index in [1.54, 1.807) is 0 Å². The van der Waals surface area contributed by atoms with Gasteiger partial charge in [-0.25, -0.2) is 0 Å². The van der Waals surface area contributed by atoms with E-state index in [0.717, 1.165) is 8.95 Å². The monoisotopic (exact) mass is 492 g/mol. The van der Waals surface area contributed by atoms with E-state index in [1.165, 1.54) is 20.7 Å². The molecule has 4 aromatic carbocycles. The molecule has 0 aromatic heterocycles. The molecule has 0 amide bonds. The summed E-state index contributed by atoms with van der Waals surface area (Å²) in [4.78, 5) is 0. The van der Waals surface area contributed by atoms with Crippen molar-refractivity contribution >= 4 is 60.7 Å². The van der Waals surface area contributed by atoms with E-state index >= 15 is 0 Å². The first-order valence-corrected chi connectivity index (χ1v) is 12.4. The molecule has 3 heteroatoms. The minimum atomic E-state index is -2.48. The molecule has 0 spiro atoms. The van der Waals surface area contributed by atoms with Gasteiger partial charge in [0.05, 0.1) is 0 Å². The zero-order valence-electron chi connectivity index (χ0n) is 14.6. The molecular formula is C24H18Br2Si. The van der Waals surface area contributed by atoms with Crippen molar-refractivity contribution in [1.29, 1.82) is 0 Å². The summed E-state index contributed by atoms with van der Waals surface area (Å²) in [6.45, 7) is 0. The van der Waals surface area contributed by atoms with E-state index in [1.807, 2.05) is 0 Å². The summed E-state index contributed by atoms with van der Waals surface area (Å²) in [6, 6.07) is 39.2. The van der Waals surface area contributed by atoms with Gasteiger partial charge in [-0.15, -0.1) is 0 Å². The van der Waals surface area contributed by atoms with Crippen LogP contribution in [0.15, 0.2) is 118 Å². The number of rotatable bonds is 4. The number of hydrogen-bond acceptors (Lipinski definition) is 0. The molecule has 0 aliphatic carbocycles. The lowest BCUT2D eigenvalue weighted by Crippen LogP contribution is -2.75. The van der Waals surface area contributed by atoms with Crippen LogP contribution >= 0.6 is 31.9 Å². The summed E-state index contributed by atoms with van der Waals surface area (Å²) in [7, 11) is -2.48. The maximum Gasteiger partial charge on any atom is 0.181 e. The maximum absolute atomic E-state index is 3.87. The van der Waals surface area contributed by atoms with Crippen molar-refractivity contribution in [3.05, 3.63) is 118 Å². The van der Waals surface area contributed by atoms with Gasteiger partial charge >= 0.3 is 0 Å². The van der Waals surface area contributed by atoms with Crippen LogP contribution in [0.4, 0.5) is 0 Å². The fourth-order valence-corrected chi connectivity index (χ4v) is 11.0. The van der Waals surface area contributed by atoms with Crippen LogP contribution in [0.1, 0.15) is 0 Å². The summed E-state index contributed by atoms with van der Waals surface area (Å²) in [6.07, 6.45) is 0. The Labute approximate surface area is 178 Å². The van der Waals surface area contributed by atoms with Crippen LogP contribution in [-0.2, 0) is 0 Å². The summed E-state index contributed by atoms with van der Waals surface area (Å²) in [5.74, 6) is 0. The van der Waals surface area contributed by atoms with Crippen LogP contribution in [0.3, 0.4) is 0 Å². The average molecular weight is 494 g/mol. The lowest BCUT2D eigenvalue weighted by Gasteiger charge is -2.35. The van der Waals surface area contributed by atoms with Crippen LogP contribution in [0.2, 0.25) is 0 Å². The fraction of sp³-hybridized carbons (Fsp3) is 0. The van der Waals surface area contributed by atoms with Gasteiger partial charge in [-0.05, 0) is 32.9 Å². The Morgan fingerprint density at radius 3 is 1.11 bits per heavy atom. The van der Waals surface area contributed by atoms with Gasteiger partial charge < -0.3 is 0 Å². The zero-order chi connectivity index (χ0) is 18.7. The van der Waals surface area contributed by atoms with Crippen molar-refractivity contribution in [3.8, 4) is 0 Å². The second kappa shape index (κ2) is 7.97. The maximum atomic E-state index is 3.87. The Balaban J connectivity index is 2.20. The predicted octanol–water partition coefficient (Wildman–Crippen LogP) is 4.59. The second-order valence-corrected chi connectivity index (χ2v) is 11.9. The van der Waals surface area contributed by atoms with Gasteiger partial charge in [-0.1, -0.05) is 129 Å². The quantitative estimate of drug-likeness (QED) is 0.288. The SMILES string of the molecule is Brc1ccccc1[Si](c1ccccc1)(c1ccccc1)c1ccccc1Br. The van der Waals surface area contributed by atoms with E-state index in [0.29, 0.717) is 0 Å². The van der Waals surface area contributed by atoms with Gasteiger partial charge in [0.25, 0.3) is 0 Å². The Morgan fingerprint density at radius 2 is 0.741 bits per heavy atom. The molecule has 4 aromatic rings. The number of halogens is 2. The third-order valence-electron chi connectivity index (χ3n) is 4.97. The average Bonchev–Trinajstić information content (AvgIpc) is 2.73. The van der Waals surface area contributed by atoms with Crippen molar-refractivity contribution in [2.45, 2.75) is 0 Å². The number of hydrogen-bond donors (Lipinski definition) is 0. The second-order valence-electron chi connectivity index (χ2n) is 6.44. The lowest BCUT2D eigenvalue weighted by molar-refractivity contribution is 1.63. The lowest BCUT2D eigenvalue weighted by atomic mass is 10.3. The van der Waals surface area contributed by atoms with Gasteiger partial charge in [0.2, 0.25) is 0 Å². The van der Waals surface area contributed by atoms with Crippen LogP contribution in [0.5, 0.6) is 0 Å². The molecular weight excluding hydrogens is 476 g/mol. The first kappa shape index (κ1) is 18.4. The topological polar surface area (TPSA) is 0 Å². The Kier molecular flexibility index (Phi) is 5.44. The van der Waals surface area contributed by atoms with Gasteiger partial charge in [-0.3, -0.25) is 0 Å². The third kappa shape index (κ3) is 3.24. The van der Waals surface area contributed by atoms with Crippen LogP contribution < -0.4 is 20.7 Å². The summed E-state index contributed by atoms with van der Waals surface area (Å²) < 4.78 is 2.31. The van der Waals surface area contributed by atoms with E-state index in [9.17, 15) is 0 Å². The first-order chi connectivity index (χ1) is 13.2. The molecule has 4 rings (SSSR count). The van der Waals surface area contributed by atoms with E-state index in [-0.39, 0.29) is 0 Å². The third-order valence-corrected chi connectivity index (χ3v) is 12.0. The highest BCUT2D eigenvalue weighted by molar-refractivity contribution is 9.11. The van der Waals surface area contributed by atoms with Crippen LogP contribution in [-0.4, -0.2) is 8.07 Å². The molecule has 0 N–H and O–H groups in total. The van der Waals surface area contributed by atoms with Gasteiger partial charge in [0.1, 0.15) is 0 Å². The summed E-state index contributed by atoms with van der Waals surface area (Å²) in [5.41, 5.74) is 0. The van der Waals surface area contributed by atoms with Crippen LogP contribution in [0.25, 0.3) is 0 Å². The largest absolute Gasteiger partial charge is 0.181 e. The van der Waals surface area contributed by atoms with Gasteiger partial charge in [0, 0.05) is 8.95 Å². The van der Waals surface area contributed by atoms with Crippen molar-refractivity contribution in [3.63, 3.8) is 0 Å². The molecule has 0 bridgehead atoms. The summed E-state index contributed by atoms with van der Waals surface area (Å²) in [5, 5.41) is 5.45. The molecule has 0 nitrogen and oxygen atoms in total. The molecule has 0 heterocycles. The molecule has 0 saturated carbocycles. The smallest absolute Gasteiger partial charge is 0.0623 e. The zero-order valence-corrected chi connectivity index (χ0v) is 18.8. The van der Waals surface area contributed by atoms with E-state index in [4.69, 9.17) is 0 Å². The van der Waals surface area contributed by atoms with Crippen molar-refractivity contribution in [2.24, 2.45) is 0 Å². The molecule has 0 atom stereocenters. The number of benzene rings is 4. The van der Waals surface area contributed by atoms with Gasteiger partial charge in [-0.2, -0.15) is 0 Å². The molecule has 0 fully saturated rings. The minimum Gasteiger partial charge on any atom is -0.0623 e. The fourth-order valence-electron chi connectivity index (χ4n) is 3.84. The molecule has 132 valence electrons. The minimum absolute atomic E-state index is 1.15. The standard InChI is InChI=1S/C24H18Br2Si/c25-21-15-7-9-17-23(21)27(19-11-3-1-4-12-19,20-13-5-2-6-14-20)24-18-10-8-16-22(24)26/h1-18H. The predicted molar refractivity (Wildman–Crippen MR) is 125 cm³/mol. The first-order valence-electron chi connectivity index (χ1n) is 8.85. The molecule has 0 aliphatic rings. The van der Waals surface area contributed by atoms with Crippen molar-refractivity contribution < 1.29 is 0 Å². The molecule has 0 saturated heterocycles. The Morgan fingerprint density at radius 1 is 0.407 bits per heavy atom. The van der Waals surface area contributed by atoms with E-state index < -0.39 is 8.07 Å². The molecule has 0 radical (unpaired) electrons. The highest BCUT2D eigenvalue weighted by atomic mass is 79.9. The molecule has 0 unspecified atom stereocenters. The van der Waals surface area contributed by atoms with Gasteiger partial charge in [0.15, 0.2) is 8.07 Å². The summed E-state index contributed by atoms with van der Waals surface area (Å²) >= 11 is 7.74. The van der Waals surface area contributed by atoms with Crippen molar-refractivity contribution in [1.82, 2.24) is 0 Å². The normalized spacial score (nSPS) is 11.3. The Bertz CT molecular complexity index is 959.